The fraction of sp³-hybridized carbons (Fsp3) is 0.211. The van der Waals surface area contributed by atoms with E-state index in [1.807, 2.05) is 48.5 Å². The first-order valence-corrected chi connectivity index (χ1v) is 15.0. The van der Waals surface area contributed by atoms with E-state index < -0.39 is 0 Å². The summed E-state index contributed by atoms with van der Waals surface area (Å²) in [6, 6.07) is 40.9. The maximum Gasteiger partial charge on any atom is -0.0771 e. The molecule has 0 fully saturated rings. The predicted octanol–water partition coefficient (Wildman–Crippen LogP) is 4.24. The molecule has 3 heteroatoms. The van der Waals surface area contributed by atoms with Crippen molar-refractivity contribution in [2.24, 2.45) is 11.3 Å². The summed E-state index contributed by atoms with van der Waals surface area (Å²) in [7, 11) is 0. The molecule has 1 aliphatic rings. The second-order valence-corrected chi connectivity index (χ2v) is 10.4. The molecule has 41 heavy (non-hydrogen) atoms. The Bertz CT molecular complexity index is 1350. The van der Waals surface area contributed by atoms with Crippen molar-refractivity contribution in [1.82, 2.24) is 0 Å². The van der Waals surface area contributed by atoms with E-state index in [1.165, 1.54) is 62.5 Å². The van der Waals surface area contributed by atoms with Crippen molar-refractivity contribution in [1.29, 1.82) is 0 Å². The molecule has 0 saturated carbocycles. The van der Waals surface area contributed by atoms with Crippen molar-refractivity contribution in [3.05, 3.63) is 150 Å². The molecule has 0 heterocycles. The molecule has 0 radical (unpaired) electrons. The zero-order valence-electron chi connectivity index (χ0n) is 25.0. The van der Waals surface area contributed by atoms with E-state index in [1.54, 1.807) is 0 Å². The Morgan fingerprint density at radius 2 is 1.07 bits per heavy atom. The number of hydrogen-bond donors (Lipinski definition) is 0. The van der Waals surface area contributed by atoms with Crippen LogP contribution in [0.2, 0.25) is 0 Å². The van der Waals surface area contributed by atoms with Crippen molar-refractivity contribution >= 4 is 25.8 Å². The molecule has 5 aromatic rings. The van der Waals surface area contributed by atoms with E-state index in [9.17, 15) is 0 Å². The normalized spacial score (nSPS) is 12.8. The number of allylic oxidation sites excluding steroid dienone is 4. The molecule has 0 amide bonds. The van der Waals surface area contributed by atoms with E-state index in [0.717, 1.165) is 0 Å². The second kappa shape index (κ2) is 20.4. The van der Waals surface area contributed by atoms with Crippen LogP contribution in [-0.2, 0) is 24.2 Å². The Kier molecular flexibility index (Phi) is 19.2. The zero-order chi connectivity index (χ0) is 28.7. The van der Waals surface area contributed by atoms with E-state index >= 15 is 0 Å². The molecule has 0 nitrogen and oxygen atoms in total. The molecule has 0 spiro atoms. The molecule has 5 aromatic carbocycles. The molecule has 0 bridgehead atoms. The van der Waals surface area contributed by atoms with Crippen LogP contribution in [0.15, 0.2) is 121 Å². The molecule has 0 N–H and O–H groups in total. The molecule has 1 atom stereocenters. The first kappa shape index (κ1) is 38.6. The van der Waals surface area contributed by atoms with Gasteiger partial charge in [-0.15, -0.1) is 39.7 Å². The number of benzene rings is 4. The summed E-state index contributed by atoms with van der Waals surface area (Å²) in [5.41, 5.74) is 4.30. The van der Waals surface area contributed by atoms with Crippen LogP contribution < -0.4 is 24.8 Å². The van der Waals surface area contributed by atoms with Gasteiger partial charge in [0.2, 0.25) is 0 Å². The van der Waals surface area contributed by atoms with Crippen LogP contribution >= 0.6 is 0 Å². The number of fused-ring (bicyclic) bond motifs is 3. The summed E-state index contributed by atoms with van der Waals surface area (Å²) in [5.74, 6) is 0.522. The van der Waals surface area contributed by atoms with Gasteiger partial charge < -0.3 is 24.8 Å². The van der Waals surface area contributed by atoms with Crippen LogP contribution in [-0.4, -0.2) is 4.21 Å². The maximum absolute atomic E-state index is 3.34. The van der Waals surface area contributed by atoms with Crippen LogP contribution in [0, 0.1) is 43.4 Å². The summed E-state index contributed by atoms with van der Waals surface area (Å²) in [5, 5.41) is 5.39. The van der Waals surface area contributed by atoms with E-state index in [4.69, 9.17) is 0 Å². The van der Waals surface area contributed by atoms with Crippen LogP contribution in [0.4, 0.5) is 0 Å². The molecule has 0 aromatic heterocycles. The van der Waals surface area contributed by atoms with Gasteiger partial charge in [-0.05, 0) is 0 Å². The Hall–Kier alpha value is -2.44. The van der Waals surface area contributed by atoms with Gasteiger partial charge in [0.1, 0.15) is 0 Å². The average molecular weight is 659 g/mol. The van der Waals surface area contributed by atoms with Crippen molar-refractivity contribution < 1.29 is 49.0 Å². The third-order valence-electron chi connectivity index (χ3n) is 6.09. The van der Waals surface area contributed by atoms with Gasteiger partial charge in [-0.1, -0.05) is 89.3 Å². The quantitative estimate of drug-likeness (QED) is 0.219. The van der Waals surface area contributed by atoms with Crippen LogP contribution in [0.5, 0.6) is 0 Å². The van der Waals surface area contributed by atoms with Crippen LogP contribution in [0.25, 0.3) is 21.5 Å². The van der Waals surface area contributed by atoms with Crippen molar-refractivity contribution in [3.63, 3.8) is 0 Å². The molecule has 0 aliphatic heterocycles. The number of halogens is 2. The van der Waals surface area contributed by atoms with E-state index in [2.05, 4.69) is 131 Å². The van der Waals surface area contributed by atoms with E-state index in [0.29, 0.717) is 11.3 Å². The average Bonchev–Trinajstić information content (AvgIpc) is 3.56. The van der Waals surface area contributed by atoms with Gasteiger partial charge in [0.05, 0.1) is 0 Å². The fourth-order valence-electron chi connectivity index (χ4n) is 3.90. The molecule has 214 valence electrons. The minimum atomic E-state index is 0. The molecule has 6 rings (SSSR count). The van der Waals surface area contributed by atoms with Crippen LogP contribution in [0.3, 0.4) is 0 Å². The molecular weight excluding hydrogens is 619 g/mol. The smallest absolute Gasteiger partial charge is 0.0771 e. The van der Waals surface area contributed by atoms with Crippen molar-refractivity contribution in [2.75, 3.05) is 0 Å². The van der Waals surface area contributed by atoms with Gasteiger partial charge in [-0.2, -0.15) is 83.4 Å². The summed E-state index contributed by atoms with van der Waals surface area (Å²) in [4.78, 5) is 0. The number of hydrogen-bond acceptors (Lipinski definition) is 0. The number of aryl methyl sites for hydroxylation is 2. The Labute approximate surface area is 276 Å². The van der Waals surface area contributed by atoms with Gasteiger partial charge in [0, 0.05) is 0 Å². The van der Waals surface area contributed by atoms with Crippen LogP contribution in [0.1, 0.15) is 38.8 Å². The fourth-order valence-corrected chi connectivity index (χ4v) is 3.90. The first-order valence-electron chi connectivity index (χ1n) is 13.3. The third kappa shape index (κ3) is 13.9. The Morgan fingerprint density at radius 3 is 1.34 bits per heavy atom. The minimum absolute atomic E-state index is 0. The minimum Gasteiger partial charge on any atom is -1.00 e. The second-order valence-electron chi connectivity index (χ2n) is 10.4. The predicted molar refractivity (Wildman–Crippen MR) is 169 cm³/mol. The molecule has 0 saturated heterocycles. The summed E-state index contributed by atoms with van der Waals surface area (Å²) in [6.07, 6.45) is 7.65. The molecule has 1 aliphatic carbocycles. The van der Waals surface area contributed by atoms with Gasteiger partial charge in [0.25, 0.3) is 0 Å². The summed E-state index contributed by atoms with van der Waals surface area (Å²) in [6.45, 7) is 13.0. The zero-order valence-corrected chi connectivity index (χ0v) is 29.0. The van der Waals surface area contributed by atoms with Gasteiger partial charge in [-0.3, -0.25) is 6.08 Å². The first-order chi connectivity index (χ1) is 18.7. The largest absolute Gasteiger partial charge is 1.00 e. The monoisotopic (exact) mass is 656 g/mol. The Balaban J connectivity index is 0.000000518. The number of rotatable bonds is 0. The molecule has 1 unspecified atom stereocenters. The Morgan fingerprint density at radius 1 is 0.683 bits per heavy atom. The van der Waals surface area contributed by atoms with Gasteiger partial charge in [-0.25, -0.2) is 6.08 Å². The standard InChI is InChI=1S/C13H9.C10H15.2C7H7.CH2.2ClH.Zr/c1-3-7-12-10(5-1)9-11-6-2-4-8-13(11)12;1-8-5-6-9(7-8)10(2,3)4;2*1-7-5-3-2-4-6-7;;;;/h1-9H;6-8H,1-4H3;2*3-6H,1H3;1H2;2*1H;/q4*-1;;;;+2/p-2. The van der Waals surface area contributed by atoms with Crippen molar-refractivity contribution in [3.8, 4) is 0 Å². The SMILES string of the molecule is CC1[C-]=CC(C(C)(C)C)=C1.Cc1cc[c-]cc1.Cc1cc[c-]cc1.[CH2]=[Zr+2].[Cl-].[Cl-].c1ccc2c(c1)[cH-]c1ccccc12. The third-order valence-corrected chi connectivity index (χ3v) is 6.09. The summed E-state index contributed by atoms with van der Waals surface area (Å²) < 4.78 is 3.34. The van der Waals surface area contributed by atoms with E-state index in [-0.39, 0.29) is 24.8 Å². The van der Waals surface area contributed by atoms with Crippen molar-refractivity contribution in [2.45, 2.75) is 41.5 Å². The van der Waals surface area contributed by atoms with Gasteiger partial charge >= 0.3 is 28.4 Å². The topological polar surface area (TPSA) is 0 Å². The maximum atomic E-state index is 3.34. The molecular formula is C38H40Cl2Zr-4. The van der Waals surface area contributed by atoms with Gasteiger partial charge in [0.15, 0.2) is 0 Å². The summed E-state index contributed by atoms with van der Waals surface area (Å²) >= 11 is 1.30.